The maximum absolute atomic E-state index is 15.3. The molecule has 0 spiro atoms. The zero-order valence-corrected chi connectivity index (χ0v) is 66.0. The van der Waals surface area contributed by atoms with Gasteiger partial charge in [-0.1, -0.05) is 88.2 Å². The van der Waals surface area contributed by atoms with E-state index in [0.717, 1.165) is 27.2 Å². The van der Waals surface area contributed by atoms with Crippen LogP contribution in [-0.4, -0.2) is 186 Å². The number of rotatable bonds is 13. The minimum atomic E-state index is -1.05. The van der Waals surface area contributed by atoms with E-state index in [4.69, 9.17) is 40.9 Å². The number of amides is 3. The summed E-state index contributed by atoms with van der Waals surface area (Å²) >= 11 is 9.46. The molecule has 31 heteroatoms. The highest BCUT2D eigenvalue weighted by Crippen LogP contribution is 2.69. The molecule has 574 valence electrons. The van der Waals surface area contributed by atoms with E-state index in [0.29, 0.717) is 151 Å². The van der Waals surface area contributed by atoms with Gasteiger partial charge in [-0.2, -0.15) is 0 Å². The Kier molecular flexibility index (Phi) is 23.1. The summed E-state index contributed by atoms with van der Waals surface area (Å²) in [6.07, 6.45) is 10.3. The normalized spacial score (nSPS) is 29.2. The molecule has 9 atom stereocenters. The van der Waals surface area contributed by atoms with Crippen LogP contribution >= 0.6 is 73.8 Å². The summed E-state index contributed by atoms with van der Waals surface area (Å²) in [5.41, 5.74) is 19.4. The maximum atomic E-state index is 15.3. The van der Waals surface area contributed by atoms with Gasteiger partial charge < -0.3 is 55.6 Å². The summed E-state index contributed by atoms with van der Waals surface area (Å²) in [5.74, 6) is -3.34. The molecule has 20 nitrogen and oxygen atoms in total. The standard InChI is InChI=1S/C27H28F2N4O3S.C24H23BrF2N4O2S.C24H24F2N4O2S.C3H5IO/c1-26(23-12-27(23,37-25(30)32-26)24(34)33-6-8-35-9-7-33)19-10-16(2-4-20(19)28)11-21(29)22-5-3-17(13-31-22)18-14-36-15-18;1-23(20-12-24(20,34-22(28)30-23)21(32)31-6-8-33-9-7-31)16-10-14(2-4-17(16)26)11-18(27)19-5-3-15(25)13-29-19;1-23(16-12-15(5-6-17(16)25)13-18(26)19-4-2-3-7-28-19)20-14-24(20,33-22(27)29-23)21(31)30-8-10-32-11-9-30;4-3-1-5-2-3/h2-5,10-11,13,18,23H,6-9,12,14-15H2,1H3,(H2,30,32);2-5,10-11,13,20H,6-9,12H2,1H3,(H2,28,30);2-7,12-13,20H,8-11,14H2,1H3,(H2,27,29);3H,1-2H2/b21-11-;18-11-;18-13-;/t23-,26+,27-;2*20-,23+,24-;/m000./s1. The first-order chi connectivity index (χ1) is 52.2. The van der Waals surface area contributed by atoms with Crippen LogP contribution in [0.15, 0.2) is 135 Å². The molecule has 0 radical (unpaired) electrons. The molecule has 0 bridgehead atoms. The molecule has 0 unspecified atom stereocenters. The summed E-state index contributed by atoms with van der Waals surface area (Å²) in [6.45, 7) is 14.8. The van der Waals surface area contributed by atoms with E-state index < -0.39 is 65.8 Å². The van der Waals surface area contributed by atoms with E-state index >= 15 is 17.6 Å². The van der Waals surface area contributed by atoms with E-state index in [-0.39, 0.29) is 68.1 Å². The summed E-state index contributed by atoms with van der Waals surface area (Å²) in [4.78, 5) is 72.0. The second-order valence-electron chi connectivity index (χ2n) is 28.9. The summed E-state index contributed by atoms with van der Waals surface area (Å²) in [7, 11) is 0. The number of pyridine rings is 3. The molecule has 3 aliphatic carbocycles. The molecule has 6 aromatic rings. The van der Waals surface area contributed by atoms with E-state index in [2.05, 4.69) is 68.4 Å². The lowest BCUT2D eigenvalue weighted by Gasteiger charge is -2.37. The summed E-state index contributed by atoms with van der Waals surface area (Å²) < 4.78 is 116. The van der Waals surface area contributed by atoms with Gasteiger partial charge in [-0.25, -0.2) is 26.3 Å². The smallest absolute Gasteiger partial charge is 0.239 e. The molecule has 11 heterocycles. The fourth-order valence-electron chi connectivity index (χ4n) is 15.4. The quantitative estimate of drug-likeness (QED) is 0.0551. The largest absolute Gasteiger partial charge is 0.380 e. The summed E-state index contributed by atoms with van der Waals surface area (Å²) in [6, 6.07) is 25.0. The summed E-state index contributed by atoms with van der Waals surface area (Å²) in [5, 5.41) is 0.766. The number of carbonyl (C=O) groups is 3. The van der Waals surface area contributed by atoms with Crippen molar-refractivity contribution in [2.75, 3.05) is 105 Å². The predicted molar refractivity (Wildman–Crippen MR) is 423 cm³/mol. The zero-order chi connectivity index (χ0) is 76.8. The highest BCUT2D eigenvalue weighted by molar-refractivity contribution is 14.1. The molecule has 17 rings (SSSR count). The second kappa shape index (κ2) is 32.1. The number of nitrogens with zero attached hydrogens (tertiary/aromatic N) is 9. The average molecular weight is 1730 g/mol. The fourth-order valence-corrected chi connectivity index (χ4v) is 20.5. The number of morpholine rings is 3. The number of amidine groups is 3. The Balaban J connectivity index is 0.000000132. The van der Waals surface area contributed by atoms with Crippen molar-refractivity contribution in [3.8, 4) is 0 Å². The lowest BCUT2D eigenvalue weighted by atomic mass is 9.84. The van der Waals surface area contributed by atoms with Crippen molar-refractivity contribution < 1.29 is 64.4 Å². The molecular weight excluding hydrogens is 1650 g/mol. The number of hydrogen-bond donors (Lipinski definition) is 3. The van der Waals surface area contributed by atoms with Crippen LogP contribution in [0.25, 0.3) is 35.7 Å². The number of alkyl halides is 1. The van der Waals surface area contributed by atoms with Gasteiger partial charge in [0.25, 0.3) is 0 Å². The number of carbonyl (C=O) groups excluding carboxylic acids is 3. The van der Waals surface area contributed by atoms with E-state index in [9.17, 15) is 23.2 Å². The van der Waals surface area contributed by atoms with Gasteiger partial charge in [0.15, 0.2) is 15.5 Å². The first-order valence-electron chi connectivity index (χ1n) is 35.8. The topological polar surface area (TPSA) is 261 Å². The molecule has 3 aromatic heterocycles. The molecule has 3 saturated carbocycles. The third-order valence-corrected chi connectivity index (χ3v) is 26.8. The Morgan fingerprint density at radius 1 is 0.486 bits per heavy atom. The number of aromatic nitrogens is 3. The Bertz CT molecular complexity index is 4670. The van der Waals surface area contributed by atoms with Crippen LogP contribution in [0.3, 0.4) is 0 Å². The number of halogens is 8. The van der Waals surface area contributed by atoms with Crippen LogP contribution < -0.4 is 17.2 Å². The molecule has 5 saturated heterocycles. The molecule has 3 aromatic carbocycles. The molecule has 109 heavy (non-hydrogen) atoms. The van der Waals surface area contributed by atoms with Crippen molar-refractivity contribution in [2.45, 2.75) is 80.7 Å². The molecule has 11 aliphatic rings. The SMILES string of the molecule is C[C@]1(c2cc(/C=C(\F)c3ccc(Br)cn3)ccc2F)N=C(N)S[C@@]2(C(=O)N3CCOCC3)C[C@H]21.C[C@]1(c2cc(/C=C(\F)c3ccc(C4COC4)cn3)ccc2F)N=C(N)S[C@@]2(C(=O)N3CCOCC3)C[C@H]21.C[C@]1(c2cc(/C=C(\F)c3ccccn3)ccc2F)N=C(N)S[C@@]2(C(=O)N3CCOCC3)C[C@H]21.IC1COC1. The van der Waals surface area contributed by atoms with Crippen LogP contribution in [-0.2, 0) is 54.7 Å². The van der Waals surface area contributed by atoms with Crippen LogP contribution in [0.2, 0.25) is 0 Å². The van der Waals surface area contributed by atoms with Gasteiger partial charge in [0.2, 0.25) is 17.7 Å². The van der Waals surface area contributed by atoms with E-state index in [1.165, 1.54) is 102 Å². The van der Waals surface area contributed by atoms with Crippen molar-refractivity contribution in [1.29, 1.82) is 0 Å². The Labute approximate surface area is 661 Å². The van der Waals surface area contributed by atoms with Crippen LogP contribution in [0.4, 0.5) is 26.3 Å². The van der Waals surface area contributed by atoms with Crippen LogP contribution in [0, 0.1) is 35.2 Å². The molecular formula is C78H80BrF6IN12O8S3. The van der Waals surface area contributed by atoms with Crippen LogP contribution in [0.5, 0.6) is 0 Å². The average Bonchev–Trinajstić information content (AvgIpc) is 1.54. The lowest BCUT2D eigenvalue weighted by molar-refractivity contribution is -0.136. The number of fused-ring (bicyclic) bond motifs is 3. The number of benzene rings is 3. The van der Waals surface area contributed by atoms with Crippen molar-refractivity contribution in [3.63, 3.8) is 0 Å². The first-order valence-corrected chi connectivity index (χ1v) is 40.3. The number of nitrogens with two attached hydrogens (primary N) is 3. The third kappa shape index (κ3) is 16.2. The van der Waals surface area contributed by atoms with Crippen molar-refractivity contribution >= 4 is 143 Å². The van der Waals surface area contributed by atoms with Gasteiger partial charge in [0.1, 0.15) is 49.2 Å². The van der Waals surface area contributed by atoms with Gasteiger partial charge >= 0.3 is 0 Å². The molecule has 6 N–H and O–H groups in total. The van der Waals surface area contributed by atoms with Gasteiger partial charge in [-0.05, 0) is 163 Å². The first kappa shape index (κ1) is 78.5. The number of hydrogen-bond acceptors (Lipinski definition) is 20. The van der Waals surface area contributed by atoms with Gasteiger partial charge in [0, 0.05) is 103 Å². The van der Waals surface area contributed by atoms with E-state index in [1.807, 2.05) is 13.0 Å². The lowest BCUT2D eigenvalue weighted by Crippen LogP contribution is -2.49. The number of thioether (sulfide) groups is 3. The van der Waals surface area contributed by atoms with Gasteiger partial charge in [-0.3, -0.25) is 44.3 Å². The molecule has 8 fully saturated rings. The van der Waals surface area contributed by atoms with E-state index in [1.54, 1.807) is 89.3 Å². The van der Waals surface area contributed by atoms with Gasteiger partial charge in [0.05, 0.1) is 104 Å². The maximum Gasteiger partial charge on any atom is 0.239 e. The van der Waals surface area contributed by atoms with Crippen molar-refractivity contribution in [3.05, 3.63) is 194 Å². The number of aliphatic imine (C=N–C) groups is 3. The van der Waals surface area contributed by atoms with Crippen LogP contribution in [0.1, 0.15) is 102 Å². The third-order valence-electron chi connectivity index (χ3n) is 21.7. The van der Waals surface area contributed by atoms with Crippen molar-refractivity contribution in [2.24, 2.45) is 49.9 Å². The fraction of sp³-hybridized carbons (Fsp3) is 0.423. The highest BCUT2D eigenvalue weighted by Gasteiger charge is 2.74. The predicted octanol–water partition coefficient (Wildman–Crippen LogP) is 12.4. The van der Waals surface area contributed by atoms with Crippen molar-refractivity contribution in [1.82, 2.24) is 29.7 Å². The monoisotopic (exact) mass is 1730 g/mol. The highest BCUT2D eigenvalue weighted by atomic mass is 127. The second-order valence-corrected chi connectivity index (χ2v) is 35.6. The Morgan fingerprint density at radius 2 is 0.835 bits per heavy atom. The van der Waals surface area contributed by atoms with Gasteiger partial charge in [-0.15, -0.1) is 0 Å². The Morgan fingerprint density at radius 3 is 1.13 bits per heavy atom. The molecule has 3 amide bonds. The zero-order valence-electron chi connectivity index (χ0n) is 59.8. The Hall–Kier alpha value is -7.21. The minimum absolute atomic E-state index is 0.000336. The minimum Gasteiger partial charge on any atom is -0.380 e. The number of ether oxygens (including phenoxy) is 5. The molecule has 8 aliphatic heterocycles.